The molecule has 0 amide bonds. The largest absolute Gasteiger partial charge is 0.487 e. The van der Waals surface area contributed by atoms with Gasteiger partial charge in [0, 0.05) is 4.47 Å². The highest BCUT2D eigenvalue weighted by atomic mass is 79.9. The maximum absolute atomic E-state index is 13.0. The SMILES string of the molecule is Cc1cc(F)ccc1COc1ccc(Br)cc1N. The van der Waals surface area contributed by atoms with Crippen molar-refractivity contribution in [2.45, 2.75) is 13.5 Å². The van der Waals surface area contributed by atoms with E-state index in [1.165, 1.54) is 12.1 Å². The molecule has 0 radical (unpaired) electrons. The Morgan fingerprint density at radius 3 is 2.67 bits per heavy atom. The van der Waals surface area contributed by atoms with Gasteiger partial charge >= 0.3 is 0 Å². The molecule has 0 aliphatic rings. The lowest BCUT2D eigenvalue weighted by Gasteiger charge is -2.11. The molecule has 94 valence electrons. The molecule has 0 unspecified atom stereocenters. The van der Waals surface area contributed by atoms with Crippen LogP contribution in [0.3, 0.4) is 0 Å². The minimum Gasteiger partial charge on any atom is -0.487 e. The Hall–Kier alpha value is -1.55. The zero-order valence-corrected chi connectivity index (χ0v) is 11.5. The zero-order valence-electron chi connectivity index (χ0n) is 9.91. The predicted octanol–water partition coefficient (Wildman–Crippen LogP) is 4.06. The Kier molecular flexibility index (Phi) is 3.87. The Balaban J connectivity index is 2.11. The van der Waals surface area contributed by atoms with Crippen molar-refractivity contribution < 1.29 is 9.13 Å². The molecule has 4 heteroatoms. The van der Waals surface area contributed by atoms with Crippen LogP contribution in [0.15, 0.2) is 40.9 Å². The molecule has 2 rings (SSSR count). The summed E-state index contributed by atoms with van der Waals surface area (Å²) in [4.78, 5) is 0. The molecule has 0 saturated heterocycles. The average molecular weight is 310 g/mol. The fourth-order valence-corrected chi connectivity index (χ4v) is 2.01. The summed E-state index contributed by atoms with van der Waals surface area (Å²) in [6, 6.07) is 10.1. The number of ether oxygens (including phenoxy) is 1. The van der Waals surface area contributed by atoms with Gasteiger partial charge in [0.1, 0.15) is 18.2 Å². The molecule has 0 spiro atoms. The van der Waals surface area contributed by atoms with Gasteiger partial charge < -0.3 is 10.5 Å². The van der Waals surface area contributed by atoms with E-state index in [-0.39, 0.29) is 5.82 Å². The summed E-state index contributed by atoms with van der Waals surface area (Å²) in [5.74, 6) is 0.390. The van der Waals surface area contributed by atoms with Crippen LogP contribution in [0.4, 0.5) is 10.1 Å². The van der Waals surface area contributed by atoms with Crippen LogP contribution in [-0.2, 0) is 6.61 Å². The van der Waals surface area contributed by atoms with Crippen molar-refractivity contribution in [3.05, 3.63) is 57.8 Å². The molecule has 2 nitrogen and oxygen atoms in total. The highest BCUT2D eigenvalue weighted by molar-refractivity contribution is 9.10. The van der Waals surface area contributed by atoms with E-state index in [0.717, 1.165) is 15.6 Å². The Labute approximate surface area is 114 Å². The van der Waals surface area contributed by atoms with Crippen molar-refractivity contribution in [1.82, 2.24) is 0 Å². The van der Waals surface area contributed by atoms with Crippen LogP contribution < -0.4 is 10.5 Å². The van der Waals surface area contributed by atoms with Crippen LogP contribution in [0.5, 0.6) is 5.75 Å². The molecule has 2 aromatic rings. The molecule has 0 saturated carbocycles. The highest BCUT2D eigenvalue weighted by Gasteiger charge is 2.04. The van der Waals surface area contributed by atoms with Gasteiger partial charge in [0.05, 0.1) is 5.69 Å². The molecule has 0 fully saturated rings. The second-order valence-corrected chi connectivity index (χ2v) is 4.96. The number of halogens is 2. The number of anilines is 1. The maximum atomic E-state index is 13.0. The number of hydrogen-bond acceptors (Lipinski definition) is 2. The number of nitrogen functional groups attached to an aromatic ring is 1. The number of rotatable bonds is 3. The normalized spacial score (nSPS) is 10.4. The molecular weight excluding hydrogens is 297 g/mol. The molecule has 0 bridgehead atoms. The van der Waals surface area contributed by atoms with Crippen LogP contribution in [0.25, 0.3) is 0 Å². The van der Waals surface area contributed by atoms with Gasteiger partial charge in [0.25, 0.3) is 0 Å². The summed E-state index contributed by atoms with van der Waals surface area (Å²) < 4.78 is 19.5. The molecule has 0 aliphatic heterocycles. The minimum atomic E-state index is -0.237. The molecule has 0 aliphatic carbocycles. The third-order valence-electron chi connectivity index (χ3n) is 2.66. The topological polar surface area (TPSA) is 35.2 Å². The number of aryl methyl sites for hydroxylation is 1. The van der Waals surface area contributed by atoms with Crippen LogP contribution >= 0.6 is 15.9 Å². The van der Waals surface area contributed by atoms with Gasteiger partial charge in [-0.05, 0) is 48.4 Å². The minimum absolute atomic E-state index is 0.237. The van der Waals surface area contributed by atoms with Gasteiger partial charge in [-0.3, -0.25) is 0 Å². The zero-order chi connectivity index (χ0) is 13.1. The van der Waals surface area contributed by atoms with Crippen molar-refractivity contribution >= 4 is 21.6 Å². The van der Waals surface area contributed by atoms with E-state index in [2.05, 4.69) is 15.9 Å². The molecule has 0 atom stereocenters. The standard InChI is InChI=1S/C14H13BrFNO/c1-9-6-12(16)4-2-10(9)8-18-14-5-3-11(15)7-13(14)17/h2-7H,8,17H2,1H3. The smallest absolute Gasteiger partial charge is 0.142 e. The summed E-state index contributed by atoms with van der Waals surface area (Å²) in [5.41, 5.74) is 8.22. The van der Waals surface area contributed by atoms with E-state index in [9.17, 15) is 4.39 Å². The fourth-order valence-electron chi connectivity index (χ4n) is 1.63. The van der Waals surface area contributed by atoms with Crippen molar-refractivity contribution in [3.63, 3.8) is 0 Å². The summed E-state index contributed by atoms with van der Waals surface area (Å²) in [6.45, 7) is 2.23. The third-order valence-corrected chi connectivity index (χ3v) is 3.15. The molecule has 2 aromatic carbocycles. The van der Waals surface area contributed by atoms with Crippen LogP contribution in [-0.4, -0.2) is 0 Å². The first-order valence-corrected chi connectivity index (χ1v) is 6.28. The monoisotopic (exact) mass is 309 g/mol. The van der Waals surface area contributed by atoms with Gasteiger partial charge in [-0.2, -0.15) is 0 Å². The molecule has 0 heterocycles. The number of hydrogen-bond donors (Lipinski definition) is 1. The van der Waals surface area contributed by atoms with Gasteiger partial charge in [-0.15, -0.1) is 0 Å². The van der Waals surface area contributed by atoms with Crippen LogP contribution in [0, 0.1) is 12.7 Å². The molecular formula is C14H13BrFNO. The van der Waals surface area contributed by atoms with Crippen LogP contribution in [0.1, 0.15) is 11.1 Å². The quantitative estimate of drug-likeness (QED) is 0.868. The molecule has 18 heavy (non-hydrogen) atoms. The van der Waals surface area contributed by atoms with Gasteiger partial charge in [0.15, 0.2) is 0 Å². The van der Waals surface area contributed by atoms with E-state index in [0.29, 0.717) is 18.0 Å². The van der Waals surface area contributed by atoms with E-state index in [4.69, 9.17) is 10.5 Å². The van der Waals surface area contributed by atoms with Crippen molar-refractivity contribution in [3.8, 4) is 5.75 Å². The number of nitrogens with two attached hydrogens (primary N) is 1. The van der Waals surface area contributed by atoms with Crippen LogP contribution in [0.2, 0.25) is 0 Å². The van der Waals surface area contributed by atoms with E-state index in [1.54, 1.807) is 18.2 Å². The highest BCUT2D eigenvalue weighted by Crippen LogP contribution is 2.26. The third kappa shape index (κ3) is 3.01. The lowest BCUT2D eigenvalue weighted by molar-refractivity contribution is 0.307. The Morgan fingerprint density at radius 1 is 1.22 bits per heavy atom. The summed E-state index contributed by atoms with van der Waals surface area (Å²) in [6.07, 6.45) is 0. The van der Waals surface area contributed by atoms with Crippen molar-refractivity contribution in [1.29, 1.82) is 0 Å². The second kappa shape index (κ2) is 5.40. The van der Waals surface area contributed by atoms with Gasteiger partial charge in [-0.1, -0.05) is 22.0 Å². The molecule has 2 N–H and O–H groups in total. The Bertz CT molecular complexity index is 520. The van der Waals surface area contributed by atoms with Crippen molar-refractivity contribution in [2.75, 3.05) is 5.73 Å². The van der Waals surface area contributed by atoms with E-state index >= 15 is 0 Å². The predicted molar refractivity (Wildman–Crippen MR) is 74.0 cm³/mol. The van der Waals surface area contributed by atoms with Crippen molar-refractivity contribution in [2.24, 2.45) is 0 Å². The summed E-state index contributed by atoms with van der Waals surface area (Å²) >= 11 is 3.33. The van der Waals surface area contributed by atoms with E-state index in [1.807, 2.05) is 13.0 Å². The second-order valence-electron chi connectivity index (χ2n) is 4.04. The lowest BCUT2D eigenvalue weighted by atomic mass is 10.1. The van der Waals surface area contributed by atoms with Gasteiger partial charge in [-0.25, -0.2) is 4.39 Å². The van der Waals surface area contributed by atoms with Gasteiger partial charge in [0.2, 0.25) is 0 Å². The van der Waals surface area contributed by atoms with E-state index < -0.39 is 0 Å². The first-order chi connectivity index (χ1) is 8.56. The first kappa shape index (κ1) is 12.9. The first-order valence-electron chi connectivity index (χ1n) is 5.49. The molecule has 0 aromatic heterocycles. The lowest BCUT2D eigenvalue weighted by Crippen LogP contribution is -2.00. The maximum Gasteiger partial charge on any atom is 0.142 e. The Morgan fingerprint density at radius 2 is 2.00 bits per heavy atom. The summed E-state index contributed by atoms with van der Waals surface area (Å²) in [5, 5.41) is 0. The summed E-state index contributed by atoms with van der Waals surface area (Å²) in [7, 11) is 0. The fraction of sp³-hybridized carbons (Fsp3) is 0.143. The average Bonchev–Trinajstić information content (AvgIpc) is 2.30. The number of benzene rings is 2.